The first kappa shape index (κ1) is 14.4. The minimum Gasteiger partial charge on any atom is -0.476 e. The molecule has 9 heteroatoms. The van der Waals surface area contributed by atoms with Crippen molar-refractivity contribution >= 4 is 5.97 Å². The Bertz CT molecular complexity index is 448. The highest BCUT2D eigenvalue weighted by atomic mass is 19.4. The van der Waals surface area contributed by atoms with Gasteiger partial charge in [-0.1, -0.05) is 5.21 Å². The van der Waals surface area contributed by atoms with Crippen molar-refractivity contribution in [2.75, 3.05) is 0 Å². The molecule has 0 unspecified atom stereocenters. The number of hydrogen-bond acceptors (Lipinski definition) is 4. The SMILES string of the molecule is CC(C)(O)CCn1nnc(C(=O)O)c1C(F)(F)F. The lowest BCUT2D eigenvalue weighted by Crippen LogP contribution is -2.24. The first-order chi connectivity index (χ1) is 8.02. The number of carboxylic acid groups (broad SMARTS) is 1. The van der Waals surface area contributed by atoms with E-state index in [1.54, 1.807) is 0 Å². The maximum Gasteiger partial charge on any atom is 0.435 e. The van der Waals surface area contributed by atoms with Gasteiger partial charge in [0.2, 0.25) is 5.69 Å². The number of aromatic nitrogens is 3. The number of aryl methyl sites for hydroxylation is 1. The topological polar surface area (TPSA) is 88.2 Å². The molecule has 0 aliphatic carbocycles. The summed E-state index contributed by atoms with van der Waals surface area (Å²) in [6, 6.07) is 0. The van der Waals surface area contributed by atoms with Crippen LogP contribution in [0.25, 0.3) is 0 Å². The molecule has 18 heavy (non-hydrogen) atoms. The average Bonchev–Trinajstić information content (AvgIpc) is 2.56. The summed E-state index contributed by atoms with van der Waals surface area (Å²) in [5.41, 5.74) is -3.74. The molecule has 0 aromatic carbocycles. The number of aliphatic hydroxyl groups is 1. The van der Waals surface area contributed by atoms with Gasteiger partial charge in [0.15, 0.2) is 5.69 Å². The molecule has 0 saturated heterocycles. The van der Waals surface area contributed by atoms with Crippen LogP contribution >= 0.6 is 0 Å². The molecule has 0 spiro atoms. The van der Waals surface area contributed by atoms with Crippen LogP contribution in [0.4, 0.5) is 13.2 Å². The molecule has 1 aromatic heterocycles. The van der Waals surface area contributed by atoms with E-state index in [1.807, 2.05) is 0 Å². The lowest BCUT2D eigenvalue weighted by molar-refractivity contribution is -0.145. The molecule has 0 aliphatic rings. The summed E-state index contributed by atoms with van der Waals surface area (Å²) in [7, 11) is 0. The third-order valence-electron chi connectivity index (χ3n) is 2.14. The van der Waals surface area contributed by atoms with Gasteiger partial charge >= 0.3 is 12.1 Å². The van der Waals surface area contributed by atoms with Gasteiger partial charge in [-0.25, -0.2) is 9.48 Å². The van der Waals surface area contributed by atoms with Gasteiger partial charge in [0.05, 0.1) is 5.60 Å². The predicted molar refractivity (Wildman–Crippen MR) is 52.9 cm³/mol. The highest BCUT2D eigenvalue weighted by Gasteiger charge is 2.41. The van der Waals surface area contributed by atoms with Gasteiger partial charge in [0.25, 0.3) is 0 Å². The second kappa shape index (κ2) is 4.56. The van der Waals surface area contributed by atoms with Crippen molar-refractivity contribution in [2.45, 2.75) is 38.6 Å². The van der Waals surface area contributed by atoms with Crippen LogP contribution in [0.5, 0.6) is 0 Å². The molecule has 1 rings (SSSR count). The Morgan fingerprint density at radius 2 is 1.94 bits per heavy atom. The van der Waals surface area contributed by atoms with Gasteiger partial charge in [-0.2, -0.15) is 13.2 Å². The van der Waals surface area contributed by atoms with Crippen LogP contribution in [0.3, 0.4) is 0 Å². The molecule has 0 bridgehead atoms. The summed E-state index contributed by atoms with van der Waals surface area (Å²) in [5.74, 6) is -1.79. The quantitative estimate of drug-likeness (QED) is 0.854. The van der Waals surface area contributed by atoms with Gasteiger partial charge in [-0.05, 0) is 20.3 Å². The van der Waals surface area contributed by atoms with E-state index in [1.165, 1.54) is 13.8 Å². The number of alkyl halides is 3. The highest BCUT2D eigenvalue weighted by molar-refractivity contribution is 5.86. The second-order valence-corrected chi connectivity index (χ2v) is 4.38. The van der Waals surface area contributed by atoms with Gasteiger partial charge in [-0.3, -0.25) is 0 Å². The van der Waals surface area contributed by atoms with Crippen LogP contribution < -0.4 is 0 Å². The molecule has 0 aliphatic heterocycles. The average molecular weight is 267 g/mol. The zero-order chi connectivity index (χ0) is 14.1. The summed E-state index contributed by atoms with van der Waals surface area (Å²) in [6.07, 6.45) is -4.88. The van der Waals surface area contributed by atoms with E-state index in [9.17, 15) is 23.1 Å². The predicted octanol–water partition coefficient (Wildman–Crippen LogP) is 1.16. The Hall–Kier alpha value is -1.64. The molecule has 2 N–H and O–H groups in total. The van der Waals surface area contributed by atoms with Crippen molar-refractivity contribution in [3.63, 3.8) is 0 Å². The fraction of sp³-hybridized carbons (Fsp3) is 0.667. The van der Waals surface area contributed by atoms with E-state index in [-0.39, 0.29) is 13.0 Å². The molecule has 0 fully saturated rings. The minimum atomic E-state index is -4.86. The van der Waals surface area contributed by atoms with Crippen LogP contribution in [0.2, 0.25) is 0 Å². The normalized spacial score (nSPS) is 12.8. The Kier molecular flexibility index (Phi) is 3.65. The standard InChI is InChI=1S/C9H12F3N3O3/c1-8(2,18)3-4-15-6(9(10,11)12)5(7(16)17)13-14-15/h18H,3-4H2,1-2H3,(H,16,17). The van der Waals surface area contributed by atoms with Crippen LogP contribution in [-0.4, -0.2) is 36.8 Å². The molecule has 0 amide bonds. The molecule has 102 valence electrons. The lowest BCUT2D eigenvalue weighted by Gasteiger charge is -2.17. The molecule has 0 radical (unpaired) electrons. The Morgan fingerprint density at radius 3 is 2.33 bits per heavy atom. The minimum absolute atomic E-state index is 0.0154. The fourth-order valence-corrected chi connectivity index (χ4v) is 1.27. The monoisotopic (exact) mass is 267 g/mol. The van der Waals surface area contributed by atoms with E-state index in [4.69, 9.17) is 5.11 Å². The number of hydrogen-bond donors (Lipinski definition) is 2. The number of aromatic carboxylic acids is 1. The van der Waals surface area contributed by atoms with E-state index in [0.29, 0.717) is 4.68 Å². The van der Waals surface area contributed by atoms with Crippen molar-refractivity contribution in [1.29, 1.82) is 0 Å². The van der Waals surface area contributed by atoms with Gasteiger partial charge in [0.1, 0.15) is 0 Å². The molecular formula is C9H12F3N3O3. The van der Waals surface area contributed by atoms with Crippen LogP contribution in [0.1, 0.15) is 36.5 Å². The molecular weight excluding hydrogens is 255 g/mol. The number of halogens is 3. The van der Waals surface area contributed by atoms with Crippen molar-refractivity contribution < 1.29 is 28.2 Å². The van der Waals surface area contributed by atoms with Gasteiger partial charge < -0.3 is 10.2 Å². The third kappa shape index (κ3) is 3.42. The number of carbonyl (C=O) groups is 1. The maximum atomic E-state index is 12.7. The van der Waals surface area contributed by atoms with Crippen molar-refractivity contribution in [3.05, 3.63) is 11.4 Å². The Balaban J connectivity index is 3.10. The van der Waals surface area contributed by atoms with E-state index < -0.39 is 29.1 Å². The van der Waals surface area contributed by atoms with E-state index in [2.05, 4.69) is 10.3 Å². The molecule has 0 saturated carbocycles. The molecule has 1 aromatic rings. The first-order valence-corrected chi connectivity index (χ1v) is 4.99. The summed E-state index contributed by atoms with van der Waals surface area (Å²) >= 11 is 0. The maximum absolute atomic E-state index is 12.7. The number of nitrogens with zero attached hydrogens (tertiary/aromatic N) is 3. The Morgan fingerprint density at radius 1 is 1.39 bits per heavy atom. The van der Waals surface area contributed by atoms with Gasteiger partial charge in [0, 0.05) is 6.54 Å². The fourth-order valence-electron chi connectivity index (χ4n) is 1.27. The number of carboxylic acids is 1. The first-order valence-electron chi connectivity index (χ1n) is 4.99. The van der Waals surface area contributed by atoms with E-state index in [0.717, 1.165) is 0 Å². The third-order valence-corrected chi connectivity index (χ3v) is 2.14. The van der Waals surface area contributed by atoms with Crippen molar-refractivity contribution in [2.24, 2.45) is 0 Å². The second-order valence-electron chi connectivity index (χ2n) is 4.38. The van der Waals surface area contributed by atoms with Crippen molar-refractivity contribution in [3.8, 4) is 0 Å². The van der Waals surface area contributed by atoms with E-state index >= 15 is 0 Å². The molecule has 0 atom stereocenters. The molecule has 1 heterocycles. The summed E-state index contributed by atoms with van der Waals surface area (Å²) in [4.78, 5) is 10.6. The Labute approximate surface area is 100 Å². The smallest absolute Gasteiger partial charge is 0.435 e. The summed E-state index contributed by atoms with van der Waals surface area (Å²) < 4.78 is 38.5. The van der Waals surface area contributed by atoms with Gasteiger partial charge in [-0.15, -0.1) is 5.10 Å². The summed E-state index contributed by atoms with van der Waals surface area (Å²) in [5, 5.41) is 24.2. The van der Waals surface area contributed by atoms with Crippen LogP contribution in [0.15, 0.2) is 0 Å². The van der Waals surface area contributed by atoms with Crippen molar-refractivity contribution in [1.82, 2.24) is 15.0 Å². The van der Waals surface area contributed by atoms with Crippen LogP contribution in [-0.2, 0) is 12.7 Å². The molecule has 6 nitrogen and oxygen atoms in total. The largest absolute Gasteiger partial charge is 0.476 e. The number of rotatable bonds is 4. The van der Waals surface area contributed by atoms with Crippen LogP contribution in [0, 0.1) is 0 Å². The zero-order valence-electron chi connectivity index (χ0n) is 9.69. The zero-order valence-corrected chi connectivity index (χ0v) is 9.69. The highest BCUT2D eigenvalue weighted by Crippen LogP contribution is 2.31. The lowest BCUT2D eigenvalue weighted by atomic mass is 10.1. The summed E-state index contributed by atoms with van der Waals surface area (Å²) in [6.45, 7) is 2.57.